The zero-order chi connectivity index (χ0) is 12.6. The number of amides is 1. The van der Waals surface area contributed by atoms with Crippen LogP contribution in [0.25, 0.3) is 0 Å². The van der Waals surface area contributed by atoms with Crippen LogP contribution >= 0.6 is 0 Å². The van der Waals surface area contributed by atoms with E-state index < -0.39 is 0 Å². The molecule has 1 aliphatic carbocycles. The van der Waals surface area contributed by atoms with Crippen molar-refractivity contribution < 1.29 is 4.79 Å². The first kappa shape index (κ1) is 11.7. The van der Waals surface area contributed by atoms with E-state index in [4.69, 9.17) is 0 Å². The maximum atomic E-state index is 12.5. The Hall–Kier alpha value is -1.35. The van der Waals surface area contributed by atoms with Crippen LogP contribution in [-0.4, -0.2) is 37.0 Å². The van der Waals surface area contributed by atoms with Gasteiger partial charge in [-0.15, -0.1) is 0 Å². The summed E-state index contributed by atoms with van der Waals surface area (Å²) in [5, 5.41) is 3.23. The first-order valence-electron chi connectivity index (χ1n) is 6.76. The fraction of sp³-hybridized carbons (Fsp3) is 0.533. The lowest BCUT2D eigenvalue weighted by atomic mass is 9.94. The Morgan fingerprint density at radius 1 is 1.33 bits per heavy atom. The summed E-state index contributed by atoms with van der Waals surface area (Å²) in [6.07, 6.45) is 3.06. The Kier molecular flexibility index (Phi) is 2.86. The molecule has 1 aliphatic heterocycles. The van der Waals surface area contributed by atoms with Crippen LogP contribution in [0.15, 0.2) is 30.3 Å². The van der Waals surface area contributed by atoms with Crippen molar-refractivity contribution in [2.45, 2.75) is 30.7 Å². The van der Waals surface area contributed by atoms with Crippen molar-refractivity contribution in [2.24, 2.45) is 0 Å². The first-order chi connectivity index (χ1) is 8.71. The summed E-state index contributed by atoms with van der Waals surface area (Å²) < 4.78 is 0. The fourth-order valence-corrected chi connectivity index (χ4v) is 2.91. The smallest absolute Gasteiger partial charge is 0.230 e. The van der Waals surface area contributed by atoms with Gasteiger partial charge in [-0.1, -0.05) is 30.3 Å². The monoisotopic (exact) mass is 244 g/mol. The molecule has 1 aromatic carbocycles. The highest BCUT2D eigenvalue weighted by Gasteiger charge is 2.51. The molecule has 3 rings (SSSR count). The lowest BCUT2D eigenvalue weighted by Gasteiger charge is -2.19. The van der Waals surface area contributed by atoms with Crippen LogP contribution in [0.3, 0.4) is 0 Å². The summed E-state index contributed by atoms with van der Waals surface area (Å²) >= 11 is 0. The minimum atomic E-state index is -0.220. The van der Waals surface area contributed by atoms with Gasteiger partial charge >= 0.3 is 0 Å². The first-order valence-corrected chi connectivity index (χ1v) is 6.76. The average Bonchev–Trinajstić information content (AvgIpc) is 3.10. The largest absolute Gasteiger partial charge is 0.351 e. The molecule has 1 saturated carbocycles. The van der Waals surface area contributed by atoms with Crippen LogP contribution < -0.4 is 5.32 Å². The van der Waals surface area contributed by atoms with Gasteiger partial charge in [-0.2, -0.15) is 0 Å². The molecule has 18 heavy (non-hydrogen) atoms. The molecule has 0 spiro atoms. The van der Waals surface area contributed by atoms with Crippen LogP contribution in [-0.2, 0) is 10.2 Å². The molecule has 1 N–H and O–H groups in total. The van der Waals surface area contributed by atoms with Gasteiger partial charge < -0.3 is 10.2 Å². The van der Waals surface area contributed by atoms with Crippen molar-refractivity contribution in [3.63, 3.8) is 0 Å². The number of hydrogen-bond acceptors (Lipinski definition) is 2. The second-order valence-electron chi connectivity index (χ2n) is 5.67. The highest BCUT2D eigenvalue weighted by Crippen LogP contribution is 2.48. The summed E-state index contributed by atoms with van der Waals surface area (Å²) in [6, 6.07) is 10.5. The quantitative estimate of drug-likeness (QED) is 0.874. The predicted octanol–water partition coefficient (Wildman–Crippen LogP) is 1.54. The molecule has 1 heterocycles. The van der Waals surface area contributed by atoms with Crippen LogP contribution in [0, 0.1) is 0 Å². The van der Waals surface area contributed by atoms with Gasteiger partial charge in [0, 0.05) is 12.6 Å². The molecule has 3 heteroatoms. The van der Waals surface area contributed by atoms with E-state index in [1.807, 2.05) is 18.2 Å². The number of nitrogens with one attached hydrogen (secondary N) is 1. The second-order valence-corrected chi connectivity index (χ2v) is 5.67. The topological polar surface area (TPSA) is 32.3 Å². The van der Waals surface area contributed by atoms with Crippen LogP contribution in [0.1, 0.15) is 24.8 Å². The number of rotatable bonds is 3. The Morgan fingerprint density at radius 2 is 2.06 bits per heavy atom. The third-order valence-electron chi connectivity index (χ3n) is 4.24. The molecule has 1 atom stereocenters. The standard InChI is InChI=1S/C15H20N2O/c1-17-10-7-13(11-17)16-14(18)15(8-9-15)12-5-3-2-4-6-12/h2-6,13H,7-11H2,1H3,(H,16,18). The van der Waals surface area contributed by atoms with Crippen molar-refractivity contribution in [3.05, 3.63) is 35.9 Å². The van der Waals surface area contributed by atoms with Gasteiger partial charge in [0.15, 0.2) is 0 Å². The van der Waals surface area contributed by atoms with E-state index in [0.29, 0.717) is 6.04 Å². The molecular formula is C15H20N2O. The molecule has 2 aliphatic rings. The number of likely N-dealkylation sites (N-methyl/N-ethyl adjacent to an activating group) is 1. The number of hydrogen-bond donors (Lipinski definition) is 1. The molecular weight excluding hydrogens is 224 g/mol. The van der Waals surface area contributed by atoms with Gasteiger partial charge in [-0.05, 0) is 38.4 Å². The van der Waals surface area contributed by atoms with Gasteiger partial charge in [-0.25, -0.2) is 0 Å². The molecule has 1 unspecified atom stereocenters. The zero-order valence-electron chi connectivity index (χ0n) is 10.9. The van der Waals surface area contributed by atoms with Crippen molar-refractivity contribution in [1.29, 1.82) is 0 Å². The van der Waals surface area contributed by atoms with E-state index >= 15 is 0 Å². The van der Waals surface area contributed by atoms with E-state index in [1.165, 1.54) is 5.56 Å². The van der Waals surface area contributed by atoms with E-state index in [9.17, 15) is 4.79 Å². The van der Waals surface area contributed by atoms with Crippen molar-refractivity contribution in [3.8, 4) is 0 Å². The Labute approximate surface area is 108 Å². The highest BCUT2D eigenvalue weighted by molar-refractivity contribution is 5.91. The molecule has 1 aromatic rings. The zero-order valence-corrected chi connectivity index (χ0v) is 10.9. The second kappa shape index (κ2) is 4.39. The van der Waals surface area contributed by atoms with E-state index in [1.54, 1.807) is 0 Å². The molecule has 0 aromatic heterocycles. The lowest BCUT2D eigenvalue weighted by Crippen LogP contribution is -2.42. The average molecular weight is 244 g/mol. The van der Waals surface area contributed by atoms with E-state index in [2.05, 4.69) is 29.4 Å². The number of nitrogens with zero attached hydrogens (tertiary/aromatic N) is 1. The molecule has 1 saturated heterocycles. The maximum Gasteiger partial charge on any atom is 0.230 e. The minimum Gasteiger partial charge on any atom is -0.351 e. The lowest BCUT2D eigenvalue weighted by molar-refractivity contribution is -0.124. The summed E-state index contributed by atoms with van der Waals surface area (Å²) in [7, 11) is 2.11. The molecule has 0 bridgehead atoms. The van der Waals surface area contributed by atoms with Crippen LogP contribution in [0.5, 0.6) is 0 Å². The number of benzene rings is 1. The molecule has 96 valence electrons. The summed E-state index contributed by atoms with van der Waals surface area (Å²) in [5.41, 5.74) is 0.955. The third-order valence-corrected chi connectivity index (χ3v) is 4.24. The molecule has 3 nitrogen and oxygen atoms in total. The van der Waals surface area contributed by atoms with Crippen molar-refractivity contribution in [2.75, 3.05) is 20.1 Å². The van der Waals surface area contributed by atoms with Gasteiger partial charge in [0.1, 0.15) is 0 Å². The maximum absolute atomic E-state index is 12.5. The van der Waals surface area contributed by atoms with Crippen molar-refractivity contribution in [1.82, 2.24) is 10.2 Å². The SMILES string of the molecule is CN1CCC(NC(=O)C2(c3ccccc3)CC2)C1. The number of likely N-dealkylation sites (tertiary alicyclic amines) is 1. The van der Waals surface area contributed by atoms with Gasteiger partial charge in [0.25, 0.3) is 0 Å². The normalized spacial score (nSPS) is 25.9. The third kappa shape index (κ3) is 2.03. The molecule has 1 amide bonds. The summed E-state index contributed by atoms with van der Waals surface area (Å²) in [5.74, 6) is 0.231. The Morgan fingerprint density at radius 3 is 2.61 bits per heavy atom. The van der Waals surface area contributed by atoms with Gasteiger partial charge in [0.2, 0.25) is 5.91 Å². The molecule has 0 radical (unpaired) electrons. The highest BCUT2D eigenvalue weighted by atomic mass is 16.2. The van der Waals surface area contributed by atoms with Gasteiger partial charge in [-0.3, -0.25) is 4.79 Å². The molecule has 2 fully saturated rings. The van der Waals surface area contributed by atoms with Gasteiger partial charge in [0.05, 0.1) is 5.41 Å². The summed E-state index contributed by atoms with van der Waals surface area (Å²) in [4.78, 5) is 14.7. The number of carbonyl (C=O) groups excluding carboxylic acids is 1. The van der Waals surface area contributed by atoms with Crippen LogP contribution in [0.2, 0.25) is 0 Å². The van der Waals surface area contributed by atoms with E-state index in [-0.39, 0.29) is 11.3 Å². The summed E-state index contributed by atoms with van der Waals surface area (Å²) in [6.45, 7) is 2.07. The van der Waals surface area contributed by atoms with Crippen molar-refractivity contribution >= 4 is 5.91 Å². The minimum absolute atomic E-state index is 0.220. The predicted molar refractivity (Wildman–Crippen MR) is 71.4 cm³/mol. The Bertz CT molecular complexity index is 439. The van der Waals surface area contributed by atoms with Crippen LogP contribution in [0.4, 0.5) is 0 Å². The fourth-order valence-electron chi connectivity index (χ4n) is 2.91. The Balaban J connectivity index is 1.69. The number of carbonyl (C=O) groups is 1. The van der Waals surface area contributed by atoms with E-state index in [0.717, 1.165) is 32.4 Å².